The van der Waals surface area contributed by atoms with Gasteiger partial charge in [-0.3, -0.25) is 4.79 Å². The molecular weight excluding hydrogens is 330 g/mol. The zero-order valence-electron chi connectivity index (χ0n) is 13.8. The van der Waals surface area contributed by atoms with E-state index >= 15 is 0 Å². The molecule has 24 heavy (non-hydrogen) atoms. The molecule has 2 saturated heterocycles. The molecule has 0 saturated carbocycles. The van der Waals surface area contributed by atoms with E-state index in [1.54, 1.807) is 15.9 Å². The van der Waals surface area contributed by atoms with Crippen molar-refractivity contribution >= 4 is 29.2 Å². The second-order valence-corrected chi connectivity index (χ2v) is 6.62. The highest BCUT2D eigenvalue weighted by molar-refractivity contribution is 6.31. The minimum atomic E-state index is -0.292. The van der Waals surface area contributed by atoms with Gasteiger partial charge < -0.3 is 19.9 Å². The summed E-state index contributed by atoms with van der Waals surface area (Å²) in [5.74, 6) is 0.0536. The van der Waals surface area contributed by atoms with E-state index in [0.29, 0.717) is 43.5 Å². The Kier molecular flexibility index (Phi) is 5.26. The van der Waals surface area contributed by atoms with Gasteiger partial charge in [-0.25, -0.2) is 4.79 Å². The molecule has 1 aromatic carbocycles. The fraction of sp³-hybridized carbons (Fsp3) is 0.529. The van der Waals surface area contributed by atoms with Crippen LogP contribution in [0.25, 0.3) is 0 Å². The number of hydrogen-bond donors (Lipinski definition) is 1. The van der Waals surface area contributed by atoms with Crippen molar-refractivity contribution < 1.29 is 14.3 Å². The number of aryl methyl sites for hydroxylation is 1. The van der Waals surface area contributed by atoms with Gasteiger partial charge in [0.1, 0.15) is 6.10 Å². The molecule has 7 heteroatoms. The van der Waals surface area contributed by atoms with Crippen LogP contribution in [0.15, 0.2) is 18.2 Å². The number of halogens is 1. The van der Waals surface area contributed by atoms with E-state index in [1.165, 1.54) is 0 Å². The minimum absolute atomic E-state index is 0.0536. The summed E-state index contributed by atoms with van der Waals surface area (Å²) >= 11 is 6.08. The molecule has 1 atom stereocenters. The number of benzene rings is 1. The number of nitrogens with one attached hydrogen (secondary N) is 1. The quantitative estimate of drug-likeness (QED) is 0.890. The van der Waals surface area contributed by atoms with E-state index in [-0.39, 0.29) is 18.0 Å². The lowest BCUT2D eigenvalue weighted by Crippen LogP contribution is -2.53. The van der Waals surface area contributed by atoms with Gasteiger partial charge in [-0.05, 0) is 37.5 Å². The molecule has 3 amide bonds. The molecule has 0 spiro atoms. The lowest BCUT2D eigenvalue weighted by molar-refractivity contribution is -0.142. The number of urea groups is 1. The Balaban J connectivity index is 1.51. The number of amides is 3. The Labute approximate surface area is 146 Å². The summed E-state index contributed by atoms with van der Waals surface area (Å²) < 4.78 is 5.45. The molecule has 2 aliphatic heterocycles. The fourth-order valence-corrected chi connectivity index (χ4v) is 3.16. The third-order valence-corrected chi connectivity index (χ3v) is 4.91. The predicted octanol–water partition coefficient (Wildman–Crippen LogP) is 2.50. The van der Waals surface area contributed by atoms with Gasteiger partial charge in [-0.1, -0.05) is 17.7 Å². The summed E-state index contributed by atoms with van der Waals surface area (Å²) in [5.41, 5.74) is 1.64. The van der Waals surface area contributed by atoms with Crippen LogP contribution in [0.5, 0.6) is 0 Å². The zero-order valence-corrected chi connectivity index (χ0v) is 14.5. The standard InChI is InChI=1S/C17H22ClN3O3/c1-12-4-5-13(11-14(12)18)19-17(23)21-8-6-20(7-9-21)16(22)15-3-2-10-24-15/h4-5,11,15H,2-3,6-10H2,1H3,(H,19,23)/t15-/m0/s1. The van der Waals surface area contributed by atoms with Gasteiger partial charge in [-0.2, -0.15) is 0 Å². The first-order chi connectivity index (χ1) is 11.5. The van der Waals surface area contributed by atoms with E-state index in [2.05, 4.69) is 5.32 Å². The van der Waals surface area contributed by atoms with Gasteiger partial charge >= 0.3 is 6.03 Å². The topological polar surface area (TPSA) is 61.9 Å². The van der Waals surface area contributed by atoms with E-state index in [1.807, 2.05) is 19.1 Å². The largest absolute Gasteiger partial charge is 0.368 e. The van der Waals surface area contributed by atoms with Gasteiger partial charge in [0.25, 0.3) is 5.91 Å². The third kappa shape index (κ3) is 3.82. The molecule has 130 valence electrons. The molecule has 1 aromatic rings. The van der Waals surface area contributed by atoms with E-state index < -0.39 is 0 Å². The van der Waals surface area contributed by atoms with Gasteiger partial charge in [0.15, 0.2) is 0 Å². The average molecular weight is 352 g/mol. The third-order valence-electron chi connectivity index (χ3n) is 4.51. The van der Waals surface area contributed by atoms with Crippen molar-refractivity contribution in [3.05, 3.63) is 28.8 Å². The van der Waals surface area contributed by atoms with Crippen molar-refractivity contribution in [2.24, 2.45) is 0 Å². The Morgan fingerprint density at radius 3 is 2.54 bits per heavy atom. The average Bonchev–Trinajstić information content (AvgIpc) is 3.12. The highest BCUT2D eigenvalue weighted by Crippen LogP contribution is 2.21. The lowest BCUT2D eigenvalue weighted by atomic mass is 10.2. The molecule has 2 aliphatic rings. The van der Waals surface area contributed by atoms with Crippen LogP contribution in [0, 0.1) is 6.92 Å². The number of anilines is 1. The number of carbonyl (C=O) groups is 2. The molecule has 6 nitrogen and oxygen atoms in total. The number of rotatable bonds is 2. The highest BCUT2D eigenvalue weighted by atomic mass is 35.5. The summed E-state index contributed by atoms with van der Waals surface area (Å²) in [7, 11) is 0. The van der Waals surface area contributed by atoms with Crippen molar-refractivity contribution in [2.75, 3.05) is 38.1 Å². The van der Waals surface area contributed by atoms with Crippen molar-refractivity contribution in [1.82, 2.24) is 9.80 Å². The molecule has 1 N–H and O–H groups in total. The molecule has 0 aromatic heterocycles. The first-order valence-corrected chi connectivity index (χ1v) is 8.65. The molecule has 0 aliphatic carbocycles. The normalized spacial score (nSPS) is 21.0. The second kappa shape index (κ2) is 7.40. The van der Waals surface area contributed by atoms with Crippen LogP contribution in [0.1, 0.15) is 18.4 Å². The van der Waals surface area contributed by atoms with Crippen molar-refractivity contribution in [1.29, 1.82) is 0 Å². The number of ether oxygens (including phenoxy) is 1. The predicted molar refractivity (Wildman–Crippen MR) is 92.3 cm³/mol. The smallest absolute Gasteiger partial charge is 0.321 e. The van der Waals surface area contributed by atoms with Crippen LogP contribution >= 0.6 is 11.6 Å². The molecule has 0 unspecified atom stereocenters. The second-order valence-electron chi connectivity index (χ2n) is 6.21. The molecule has 0 radical (unpaired) electrons. The first-order valence-electron chi connectivity index (χ1n) is 8.27. The van der Waals surface area contributed by atoms with Crippen LogP contribution in [-0.2, 0) is 9.53 Å². The first kappa shape index (κ1) is 17.0. The monoisotopic (exact) mass is 351 g/mol. The van der Waals surface area contributed by atoms with E-state index in [0.717, 1.165) is 18.4 Å². The summed E-state index contributed by atoms with van der Waals surface area (Å²) in [6.45, 7) is 4.70. The molecular formula is C17H22ClN3O3. The van der Waals surface area contributed by atoms with E-state index in [4.69, 9.17) is 16.3 Å². The minimum Gasteiger partial charge on any atom is -0.368 e. The Hall–Kier alpha value is -1.79. The molecule has 3 rings (SSSR count). The van der Waals surface area contributed by atoms with Crippen LogP contribution in [0.3, 0.4) is 0 Å². The van der Waals surface area contributed by atoms with E-state index in [9.17, 15) is 9.59 Å². The maximum atomic E-state index is 12.3. The maximum absolute atomic E-state index is 12.3. The van der Waals surface area contributed by atoms with Crippen LogP contribution in [0.2, 0.25) is 5.02 Å². The van der Waals surface area contributed by atoms with Crippen LogP contribution in [0.4, 0.5) is 10.5 Å². The Bertz CT molecular complexity index is 624. The molecule has 0 bridgehead atoms. The van der Waals surface area contributed by atoms with Crippen molar-refractivity contribution in [3.63, 3.8) is 0 Å². The number of hydrogen-bond acceptors (Lipinski definition) is 3. The highest BCUT2D eigenvalue weighted by Gasteiger charge is 2.31. The van der Waals surface area contributed by atoms with Crippen molar-refractivity contribution in [2.45, 2.75) is 25.9 Å². The number of piperazine rings is 1. The fourth-order valence-electron chi connectivity index (χ4n) is 2.98. The molecule has 2 fully saturated rings. The van der Waals surface area contributed by atoms with Gasteiger partial charge in [0, 0.05) is 43.5 Å². The van der Waals surface area contributed by atoms with Gasteiger partial charge in [0.05, 0.1) is 0 Å². The summed E-state index contributed by atoms with van der Waals surface area (Å²) in [6, 6.07) is 5.28. The lowest BCUT2D eigenvalue weighted by Gasteiger charge is -2.35. The maximum Gasteiger partial charge on any atom is 0.321 e. The summed E-state index contributed by atoms with van der Waals surface area (Å²) in [5, 5.41) is 3.48. The van der Waals surface area contributed by atoms with Crippen LogP contribution < -0.4 is 5.32 Å². The Morgan fingerprint density at radius 2 is 1.92 bits per heavy atom. The van der Waals surface area contributed by atoms with Gasteiger partial charge in [-0.15, -0.1) is 0 Å². The van der Waals surface area contributed by atoms with Crippen molar-refractivity contribution in [3.8, 4) is 0 Å². The van der Waals surface area contributed by atoms with Gasteiger partial charge in [0.2, 0.25) is 0 Å². The summed E-state index contributed by atoms with van der Waals surface area (Å²) in [4.78, 5) is 28.2. The number of carbonyl (C=O) groups excluding carboxylic acids is 2. The summed E-state index contributed by atoms with van der Waals surface area (Å²) in [6.07, 6.45) is 1.45. The Morgan fingerprint density at radius 1 is 1.21 bits per heavy atom. The SMILES string of the molecule is Cc1ccc(NC(=O)N2CCN(C(=O)[C@@H]3CCCO3)CC2)cc1Cl. The molecule has 2 heterocycles. The van der Waals surface area contributed by atoms with Crippen LogP contribution in [-0.4, -0.2) is 60.6 Å². The zero-order chi connectivity index (χ0) is 17.1. The number of nitrogens with zero attached hydrogens (tertiary/aromatic N) is 2.